The number of esters is 2. The first-order chi connectivity index (χ1) is 25.8. The van der Waals surface area contributed by atoms with Crippen molar-refractivity contribution in [2.24, 2.45) is 5.14 Å². The van der Waals surface area contributed by atoms with Gasteiger partial charge in [0.1, 0.15) is 21.1 Å². The van der Waals surface area contributed by atoms with Gasteiger partial charge in [0.15, 0.2) is 6.10 Å². The second-order valence-electron chi connectivity index (χ2n) is 13.9. The molecular weight excluding hydrogens is 803 g/mol. The number of carbonyl (C=O) groups is 3. The van der Waals surface area contributed by atoms with E-state index in [0.29, 0.717) is 55.8 Å². The summed E-state index contributed by atoms with van der Waals surface area (Å²) in [6.45, 7) is 11.8. The SMILES string of the molecule is CCN(C(=O)CCC(=O)OC(C)C(=O)OC(CNC(C)(C)C)COc1nsnc1N1CCOCC1)[C@@H]1CN(CCCOC)S(=O)(=O)c2sc(S(N)(=O)=O)cc21. The van der Waals surface area contributed by atoms with Gasteiger partial charge in [-0.1, -0.05) is 0 Å². The molecule has 2 aliphatic heterocycles. The van der Waals surface area contributed by atoms with Gasteiger partial charge in [-0.15, -0.1) is 15.7 Å². The van der Waals surface area contributed by atoms with Crippen LogP contribution in [0.3, 0.4) is 0 Å². The second kappa shape index (κ2) is 19.4. The second-order valence-corrected chi connectivity index (χ2v) is 19.4. The minimum atomic E-state index is -4.25. The van der Waals surface area contributed by atoms with Crippen molar-refractivity contribution in [1.29, 1.82) is 0 Å². The molecule has 0 bridgehead atoms. The summed E-state index contributed by atoms with van der Waals surface area (Å²) in [5.41, 5.74) is -0.180. The molecule has 0 aliphatic carbocycles. The summed E-state index contributed by atoms with van der Waals surface area (Å²) in [5, 5.41) is 8.63. The summed E-state index contributed by atoms with van der Waals surface area (Å²) in [4.78, 5) is 43.0. The number of thiophene rings is 1. The topological polar surface area (TPSA) is 239 Å². The number of rotatable bonds is 19. The quantitative estimate of drug-likeness (QED) is 0.149. The van der Waals surface area contributed by atoms with E-state index < -0.39 is 62.6 Å². The maximum absolute atomic E-state index is 13.6. The lowest BCUT2D eigenvalue weighted by atomic mass is 10.1. The predicted molar refractivity (Wildman–Crippen MR) is 202 cm³/mol. The Bertz CT molecular complexity index is 1840. The molecule has 0 saturated carbocycles. The highest BCUT2D eigenvalue weighted by Crippen LogP contribution is 2.42. The molecular formula is C32H51N7O12S4. The van der Waals surface area contributed by atoms with Crippen LogP contribution in [0.25, 0.3) is 0 Å². The van der Waals surface area contributed by atoms with Gasteiger partial charge >= 0.3 is 11.9 Å². The van der Waals surface area contributed by atoms with Gasteiger partial charge in [0, 0.05) is 70.5 Å². The maximum Gasteiger partial charge on any atom is 0.347 e. The van der Waals surface area contributed by atoms with Crippen LogP contribution < -0.4 is 20.1 Å². The molecule has 23 heteroatoms. The predicted octanol–water partition coefficient (Wildman–Crippen LogP) is 1.10. The summed E-state index contributed by atoms with van der Waals surface area (Å²) < 4.78 is 88.1. The Labute approximate surface area is 330 Å². The number of nitrogens with two attached hydrogens (primary N) is 1. The minimum Gasteiger partial charge on any atom is -0.470 e. The summed E-state index contributed by atoms with van der Waals surface area (Å²) in [6, 6.07) is 0.328. The van der Waals surface area contributed by atoms with Crippen molar-refractivity contribution in [1.82, 2.24) is 23.3 Å². The third kappa shape index (κ3) is 12.2. The maximum atomic E-state index is 13.6. The average Bonchev–Trinajstić information content (AvgIpc) is 3.80. The van der Waals surface area contributed by atoms with Crippen LogP contribution in [0.1, 0.15) is 65.5 Å². The number of amides is 1. The van der Waals surface area contributed by atoms with Gasteiger partial charge in [0.25, 0.3) is 15.9 Å². The van der Waals surface area contributed by atoms with Gasteiger partial charge in [0.05, 0.1) is 37.4 Å². The third-order valence-corrected chi connectivity index (χ3v) is 14.0. The monoisotopic (exact) mass is 853 g/mol. The Morgan fingerprint density at radius 3 is 2.51 bits per heavy atom. The lowest BCUT2D eigenvalue weighted by Gasteiger charge is -2.38. The van der Waals surface area contributed by atoms with Crippen LogP contribution >= 0.6 is 23.1 Å². The number of ether oxygens (including phenoxy) is 5. The Balaban J connectivity index is 1.38. The van der Waals surface area contributed by atoms with Crippen molar-refractivity contribution in [2.45, 2.75) is 86.1 Å². The Hall–Kier alpha value is -3.03. The number of nitrogens with one attached hydrogen (secondary N) is 1. The van der Waals surface area contributed by atoms with E-state index in [1.807, 2.05) is 25.7 Å². The van der Waals surface area contributed by atoms with E-state index in [1.54, 1.807) is 6.92 Å². The molecule has 4 heterocycles. The summed E-state index contributed by atoms with van der Waals surface area (Å²) in [6.07, 6.45) is -2.48. The fourth-order valence-electron chi connectivity index (χ4n) is 5.76. The molecule has 2 aromatic rings. The molecule has 1 saturated heterocycles. The highest BCUT2D eigenvalue weighted by atomic mass is 32.3. The smallest absolute Gasteiger partial charge is 0.347 e. The van der Waals surface area contributed by atoms with E-state index in [0.717, 1.165) is 11.7 Å². The number of primary sulfonamides is 1. The number of methoxy groups -OCH3 is 1. The van der Waals surface area contributed by atoms with Gasteiger partial charge in [0.2, 0.25) is 21.7 Å². The van der Waals surface area contributed by atoms with Crippen molar-refractivity contribution in [3.05, 3.63) is 11.6 Å². The van der Waals surface area contributed by atoms with Crippen LogP contribution in [-0.2, 0) is 53.4 Å². The number of nitrogens with zero attached hydrogens (tertiary/aromatic N) is 5. The van der Waals surface area contributed by atoms with Crippen LogP contribution in [0.4, 0.5) is 5.82 Å². The first-order valence-electron chi connectivity index (χ1n) is 17.7. The van der Waals surface area contributed by atoms with Gasteiger partial charge in [-0.3, -0.25) is 9.59 Å². The normalized spacial score (nSPS) is 18.6. The summed E-state index contributed by atoms with van der Waals surface area (Å²) in [7, 11) is -6.86. The molecule has 1 fully saturated rings. The van der Waals surface area contributed by atoms with Gasteiger partial charge in [-0.05, 0) is 47.1 Å². The van der Waals surface area contributed by atoms with Gasteiger partial charge in [-0.25, -0.2) is 26.8 Å². The van der Waals surface area contributed by atoms with E-state index in [4.69, 9.17) is 28.8 Å². The van der Waals surface area contributed by atoms with Crippen LogP contribution in [0.2, 0.25) is 0 Å². The number of sulfonamides is 2. The zero-order chi connectivity index (χ0) is 40.6. The van der Waals surface area contributed by atoms with Crippen LogP contribution in [0.5, 0.6) is 5.88 Å². The van der Waals surface area contributed by atoms with Crippen molar-refractivity contribution in [3.63, 3.8) is 0 Å². The average molecular weight is 854 g/mol. The number of fused-ring (bicyclic) bond motifs is 1. The van der Waals surface area contributed by atoms with E-state index in [2.05, 4.69) is 14.1 Å². The number of morpholine rings is 1. The summed E-state index contributed by atoms with van der Waals surface area (Å²) in [5.74, 6) is -1.28. The number of anilines is 1. The molecule has 2 unspecified atom stereocenters. The van der Waals surface area contributed by atoms with Crippen LogP contribution in [0, 0.1) is 0 Å². The largest absolute Gasteiger partial charge is 0.470 e. The first kappa shape index (κ1) is 44.7. The highest BCUT2D eigenvalue weighted by Gasteiger charge is 2.43. The molecule has 19 nitrogen and oxygen atoms in total. The zero-order valence-corrected chi connectivity index (χ0v) is 35.1. The molecule has 2 aliphatic rings. The lowest BCUT2D eigenvalue weighted by Crippen LogP contribution is -2.47. The van der Waals surface area contributed by atoms with Crippen molar-refractivity contribution >= 4 is 66.8 Å². The molecule has 0 spiro atoms. The molecule has 0 aromatic carbocycles. The fourth-order valence-corrected chi connectivity index (χ4v) is 10.6. The molecule has 2 aromatic heterocycles. The van der Waals surface area contributed by atoms with Crippen molar-refractivity contribution < 1.29 is 54.9 Å². The number of likely N-dealkylation sites (N-methyl/N-ethyl adjacent to an activating group) is 1. The number of carbonyl (C=O) groups excluding carboxylic acids is 3. The van der Waals surface area contributed by atoms with Crippen LogP contribution in [-0.4, -0.2) is 143 Å². The van der Waals surface area contributed by atoms with Gasteiger partial charge < -0.3 is 38.8 Å². The number of hydrogen-bond acceptors (Lipinski definition) is 18. The van der Waals surface area contributed by atoms with E-state index in [-0.39, 0.29) is 65.3 Å². The number of aromatic nitrogens is 2. The minimum absolute atomic E-state index is 0.0591. The zero-order valence-electron chi connectivity index (χ0n) is 31.8. The van der Waals surface area contributed by atoms with E-state index >= 15 is 0 Å². The lowest BCUT2D eigenvalue weighted by molar-refractivity contribution is -0.171. The molecule has 0 radical (unpaired) electrons. The fraction of sp³-hybridized carbons (Fsp3) is 0.719. The van der Waals surface area contributed by atoms with Crippen LogP contribution in [0.15, 0.2) is 14.5 Å². The third-order valence-electron chi connectivity index (χ3n) is 8.57. The summed E-state index contributed by atoms with van der Waals surface area (Å²) >= 11 is 1.53. The van der Waals surface area contributed by atoms with E-state index in [1.165, 1.54) is 29.3 Å². The van der Waals surface area contributed by atoms with Crippen molar-refractivity contribution in [3.8, 4) is 5.88 Å². The van der Waals surface area contributed by atoms with Gasteiger partial charge in [-0.2, -0.15) is 8.68 Å². The Kier molecular flexibility index (Phi) is 15.8. The molecule has 1 amide bonds. The molecule has 3 N–H and O–H groups in total. The first-order valence-corrected chi connectivity index (χ1v) is 22.3. The standard InChI is InChI=1S/C32H51N7O12S4/c1-7-39(24-19-38(11-8-14-47-6)55(45,46)31-23(24)17-27(52-31)54(33,43)44)25(40)9-10-26(41)50-21(2)30(42)51-22(18-34-32(3,4)5)20-49-29-28(35-53-36-29)37-12-15-48-16-13-37/h17,21-22,24,34H,7-16,18-20H2,1-6H3,(H2,33,43,44)/t21?,22?,24-/m1/s1. The van der Waals surface area contributed by atoms with Crippen molar-refractivity contribution in [2.75, 3.05) is 77.7 Å². The molecule has 3 atom stereocenters. The highest BCUT2D eigenvalue weighted by molar-refractivity contribution is 7.94. The molecule has 4 rings (SSSR count). The molecule has 55 heavy (non-hydrogen) atoms. The van der Waals surface area contributed by atoms with E-state index in [9.17, 15) is 31.2 Å². The molecule has 310 valence electrons. The Morgan fingerprint density at radius 1 is 1.16 bits per heavy atom. The number of hydrogen-bond donors (Lipinski definition) is 2. The Morgan fingerprint density at radius 2 is 1.87 bits per heavy atom.